The number of amides is 1. The lowest BCUT2D eigenvalue weighted by Crippen LogP contribution is -2.61. The summed E-state index contributed by atoms with van der Waals surface area (Å²) in [5.41, 5.74) is 3.42. The van der Waals surface area contributed by atoms with Gasteiger partial charge >= 0.3 is 0 Å². The van der Waals surface area contributed by atoms with Crippen molar-refractivity contribution in [3.05, 3.63) is 171 Å². The van der Waals surface area contributed by atoms with Gasteiger partial charge in [-0.05, 0) is 47.2 Å². The molecular formula is C40H36FN3O4. The van der Waals surface area contributed by atoms with Crippen molar-refractivity contribution < 1.29 is 18.7 Å². The maximum Gasteiger partial charge on any atom is 0.275 e. The average molecular weight is 642 g/mol. The number of aryl methyl sites for hydroxylation is 1. The van der Waals surface area contributed by atoms with E-state index in [1.807, 2.05) is 71.6 Å². The number of fused-ring (bicyclic) bond motifs is 2. The highest BCUT2D eigenvalue weighted by atomic mass is 19.1. The van der Waals surface area contributed by atoms with Gasteiger partial charge in [-0.3, -0.25) is 19.3 Å². The molecule has 1 unspecified atom stereocenters. The van der Waals surface area contributed by atoms with Crippen molar-refractivity contribution in [1.29, 1.82) is 0 Å². The quantitative estimate of drug-likeness (QED) is 0.160. The van der Waals surface area contributed by atoms with Gasteiger partial charge in [-0.1, -0.05) is 103 Å². The summed E-state index contributed by atoms with van der Waals surface area (Å²) < 4.78 is 21.4. The summed E-state index contributed by atoms with van der Waals surface area (Å²) in [6.45, 7) is 1.74. The Balaban J connectivity index is 1.28. The van der Waals surface area contributed by atoms with Crippen molar-refractivity contribution >= 4 is 11.7 Å². The molecule has 1 amide bonds. The van der Waals surface area contributed by atoms with Crippen molar-refractivity contribution in [3.8, 4) is 5.75 Å². The van der Waals surface area contributed by atoms with Crippen molar-refractivity contribution in [2.75, 3.05) is 13.1 Å². The zero-order valence-electron chi connectivity index (χ0n) is 26.5. The van der Waals surface area contributed by atoms with E-state index in [0.717, 1.165) is 35.2 Å². The molecule has 1 aromatic heterocycles. The number of halogens is 1. The SMILES string of the molecule is O=C(CCc1ccc(F)cc1)c1cn2c(c(OCc3ccccc3)c1=O)C(=O)N1CCCN(C(c3ccccc3)c3ccccc3)C1C2. The van der Waals surface area contributed by atoms with E-state index in [2.05, 4.69) is 29.2 Å². The Morgan fingerprint density at radius 1 is 0.792 bits per heavy atom. The molecule has 7 nitrogen and oxygen atoms in total. The maximum absolute atomic E-state index is 14.4. The van der Waals surface area contributed by atoms with Gasteiger partial charge in [-0.15, -0.1) is 0 Å². The molecule has 0 N–H and O–H groups in total. The molecular weight excluding hydrogens is 605 g/mol. The van der Waals surface area contributed by atoms with E-state index in [1.54, 1.807) is 22.9 Å². The summed E-state index contributed by atoms with van der Waals surface area (Å²) in [7, 11) is 0. The third kappa shape index (κ3) is 6.31. The fraction of sp³-hybridized carbons (Fsp3) is 0.225. The summed E-state index contributed by atoms with van der Waals surface area (Å²) in [6.07, 6.45) is 2.39. The molecule has 0 bridgehead atoms. The topological polar surface area (TPSA) is 71.8 Å². The van der Waals surface area contributed by atoms with Crippen LogP contribution in [0, 0.1) is 5.82 Å². The smallest absolute Gasteiger partial charge is 0.275 e. The van der Waals surface area contributed by atoms with Crippen LogP contribution in [0.5, 0.6) is 5.75 Å². The van der Waals surface area contributed by atoms with Crippen molar-refractivity contribution in [3.63, 3.8) is 0 Å². The number of ether oxygens (including phenoxy) is 1. The van der Waals surface area contributed by atoms with Crippen LogP contribution in [0.1, 0.15) is 62.0 Å². The molecule has 5 aromatic rings. The highest BCUT2D eigenvalue weighted by molar-refractivity contribution is 6.00. The first-order chi connectivity index (χ1) is 23.5. The monoisotopic (exact) mass is 641 g/mol. The van der Waals surface area contributed by atoms with Crippen LogP contribution >= 0.6 is 0 Å². The molecule has 0 radical (unpaired) electrons. The first-order valence-electron chi connectivity index (χ1n) is 16.4. The Labute approximate surface area is 278 Å². The van der Waals surface area contributed by atoms with Crippen molar-refractivity contribution in [2.45, 2.75) is 44.6 Å². The first kappa shape index (κ1) is 31.3. The standard InChI is InChI=1S/C40H36FN3O4/c41-32-20-17-28(18-21-32)19-22-34(45)33-25-42-26-35-43(36(30-13-6-2-7-14-30)31-15-8-3-9-16-31)23-10-24-44(35)40(47)37(42)39(38(33)46)48-27-29-11-4-1-5-12-29/h1-9,11-18,20-21,25,35-36H,10,19,22-24,26-27H2. The molecule has 8 heteroatoms. The number of rotatable bonds is 10. The number of hydrogen-bond donors (Lipinski definition) is 0. The van der Waals surface area contributed by atoms with Crippen LogP contribution in [0.4, 0.5) is 4.39 Å². The molecule has 242 valence electrons. The fourth-order valence-corrected chi connectivity index (χ4v) is 6.91. The molecule has 2 aliphatic heterocycles. The summed E-state index contributed by atoms with van der Waals surface area (Å²) in [5, 5.41) is 0. The number of nitrogens with zero attached hydrogens (tertiary/aromatic N) is 3. The number of ketones is 1. The molecule has 1 saturated heterocycles. The van der Waals surface area contributed by atoms with E-state index in [9.17, 15) is 18.8 Å². The Morgan fingerprint density at radius 3 is 2.06 bits per heavy atom. The lowest BCUT2D eigenvalue weighted by atomic mass is 9.94. The van der Waals surface area contributed by atoms with Crippen LogP contribution in [0.15, 0.2) is 126 Å². The Kier molecular flexibility index (Phi) is 8.99. The van der Waals surface area contributed by atoms with E-state index < -0.39 is 5.43 Å². The summed E-state index contributed by atoms with van der Waals surface area (Å²) in [4.78, 5) is 46.3. The van der Waals surface area contributed by atoms with Gasteiger partial charge in [0.2, 0.25) is 5.43 Å². The van der Waals surface area contributed by atoms with Crippen molar-refractivity contribution in [2.24, 2.45) is 0 Å². The molecule has 7 rings (SSSR count). The molecule has 0 spiro atoms. The summed E-state index contributed by atoms with van der Waals surface area (Å²) in [5.74, 6) is -1.10. The molecule has 0 aliphatic carbocycles. The van der Waals surface area contributed by atoms with Crippen LogP contribution in [0.2, 0.25) is 0 Å². The number of aromatic nitrogens is 1. The van der Waals surface area contributed by atoms with Gasteiger partial charge in [0.1, 0.15) is 18.6 Å². The van der Waals surface area contributed by atoms with Gasteiger partial charge in [0.05, 0.1) is 18.2 Å². The van der Waals surface area contributed by atoms with Gasteiger partial charge in [0, 0.05) is 25.7 Å². The summed E-state index contributed by atoms with van der Waals surface area (Å²) >= 11 is 0. The van der Waals surface area contributed by atoms with Gasteiger partial charge in [-0.2, -0.15) is 0 Å². The van der Waals surface area contributed by atoms with Gasteiger partial charge in [0.15, 0.2) is 17.2 Å². The van der Waals surface area contributed by atoms with Crippen molar-refractivity contribution in [1.82, 2.24) is 14.4 Å². The molecule has 48 heavy (non-hydrogen) atoms. The minimum atomic E-state index is -0.589. The predicted octanol–water partition coefficient (Wildman–Crippen LogP) is 6.66. The van der Waals surface area contributed by atoms with Gasteiger partial charge in [0.25, 0.3) is 5.91 Å². The predicted molar refractivity (Wildman–Crippen MR) is 181 cm³/mol. The van der Waals surface area contributed by atoms with Crippen LogP contribution in [-0.2, 0) is 19.6 Å². The second-order valence-electron chi connectivity index (χ2n) is 12.3. The first-order valence-corrected chi connectivity index (χ1v) is 16.4. The number of carbonyl (C=O) groups is 2. The molecule has 1 atom stereocenters. The van der Waals surface area contributed by atoms with Crippen LogP contribution in [-0.4, -0.2) is 45.3 Å². The largest absolute Gasteiger partial charge is 0.483 e. The lowest BCUT2D eigenvalue weighted by Gasteiger charge is -2.50. The third-order valence-electron chi connectivity index (χ3n) is 9.26. The fourth-order valence-electron chi connectivity index (χ4n) is 6.91. The highest BCUT2D eigenvalue weighted by Gasteiger charge is 2.43. The molecule has 0 saturated carbocycles. The van der Waals surface area contributed by atoms with E-state index in [4.69, 9.17) is 4.74 Å². The molecule has 4 aromatic carbocycles. The lowest BCUT2D eigenvalue weighted by molar-refractivity contribution is -0.0240. The maximum atomic E-state index is 14.4. The van der Waals surface area contributed by atoms with Crippen LogP contribution in [0.25, 0.3) is 0 Å². The molecule has 2 aliphatic rings. The normalized spacial score (nSPS) is 16.0. The van der Waals surface area contributed by atoms with E-state index in [-0.39, 0.29) is 59.7 Å². The minimum Gasteiger partial charge on any atom is -0.483 e. The number of carbonyl (C=O) groups excluding carboxylic acids is 2. The van der Waals surface area contributed by atoms with E-state index in [0.29, 0.717) is 19.5 Å². The number of benzene rings is 4. The molecule has 1 fully saturated rings. The Morgan fingerprint density at radius 2 is 1.42 bits per heavy atom. The minimum absolute atomic E-state index is 0.0183. The second-order valence-corrected chi connectivity index (χ2v) is 12.3. The zero-order valence-corrected chi connectivity index (χ0v) is 26.5. The Bertz CT molecular complexity index is 1920. The summed E-state index contributed by atoms with van der Waals surface area (Å²) in [6, 6.07) is 35.8. The van der Waals surface area contributed by atoms with E-state index >= 15 is 0 Å². The third-order valence-corrected chi connectivity index (χ3v) is 9.26. The Hall–Kier alpha value is -5.34. The number of Topliss-reactive ketones (excluding diaryl/α,β-unsaturated/α-hetero) is 1. The van der Waals surface area contributed by atoms with Crippen LogP contribution < -0.4 is 10.2 Å². The zero-order chi connectivity index (χ0) is 33.0. The number of pyridine rings is 1. The van der Waals surface area contributed by atoms with Gasteiger partial charge in [-0.25, -0.2) is 4.39 Å². The van der Waals surface area contributed by atoms with E-state index in [1.165, 1.54) is 12.1 Å². The average Bonchev–Trinajstić information content (AvgIpc) is 3.12. The second kappa shape index (κ2) is 13.8. The highest BCUT2D eigenvalue weighted by Crippen LogP contribution is 2.37. The molecule has 3 heterocycles. The van der Waals surface area contributed by atoms with Gasteiger partial charge < -0.3 is 14.2 Å². The van der Waals surface area contributed by atoms with Crippen LogP contribution in [0.3, 0.4) is 0 Å². The number of hydrogen-bond acceptors (Lipinski definition) is 5.